The lowest BCUT2D eigenvalue weighted by atomic mass is 10.1. The van der Waals surface area contributed by atoms with Gasteiger partial charge >= 0.3 is 5.97 Å². The minimum Gasteiger partial charge on any atom is -0.443 e. The molecule has 0 spiro atoms. The van der Waals surface area contributed by atoms with Crippen LogP contribution in [-0.2, 0) is 4.74 Å². The molecule has 16 heavy (non-hydrogen) atoms. The van der Waals surface area contributed by atoms with Crippen LogP contribution in [0, 0.1) is 6.92 Å². The SMILES string of the molecule is Cc1ccccc1C(=O)OC1CCCCN1. The van der Waals surface area contributed by atoms with E-state index in [9.17, 15) is 4.79 Å². The van der Waals surface area contributed by atoms with Gasteiger partial charge in [-0.25, -0.2) is 4.79 Å². The molecule has 2 rings (SSSR count). The second-order valence-electron chi connectivity index (χ2n) is 4.16. The van der Waals surface area contributed by atoms with E-state index in [2.05, 4.69) is 5.32 Å². The fraction of sp³-hybridized carbons (Fsp3) is 0.462. The molecule has 86 valence electrons. The highest BCUT2D eigenvalue weighted by molar-refractivity contribution is 5.91. The molecule has 1 heterocycles. The van der Waals surface area contributed by atoms with Gasteiger partial charge in [0.05, 0.1) is 5.56 Å². The smallest absolute Gasteiger partial charge is 0.339 e. The van der Waals surface area contributed by atoms with E-state index < -0.39 is 0 Å². The van der Waals surface area contributed by atoms with Crippen LogP contribution in [0.5, 0.6) is 0 Å². The minimum atomic E-state index is -0.225. The molecule has 0 amide bonds. The van der Waals surface area contributed by atoms with Crippen molar-refractivity contribution in [2.45, 2.75) is 32.4 Å². The number of aryl methyl sites for hydroxylation is 1. The summed E-state index contributed by atoms with van der Waals surface area (Å²) < 4.78 is 5.41. The molecule has 0 bridgehead atoms. The minimum absolute atomic E-state index is 0.110. The summed E-state index contributed by atoms with van der Waals surface area (Å²) in [7, 11) is 0. The van der Waals surface area contributed by atoms with Crippen LogP contribution in [-0.4, -0.2) is 18.7 Å². The van der Waals surface area contributed by atoms with Crippen LogP contribution in [0.4, 0.5) is 0 Å². The second-order valence-corrected chi connectivity index (χ2v) is 4.16. The number of carbonyl (C=O) groups is 1. The normalized spacial score (nSPS) is 20.4. The van der Waals surface area contributed by atoms with Crippen molar-refractivity contribution in [1.82, 2.24) is 5.32 Å². The monoisotopic (exact) mass is 219 g/mol. The van der Waals surface area contributed by atoms with Crippen molar-refractivity contribution in [3.8, 4) is 0 Å². The third kappa shape index (κ3) is 2.61. The summed E-state index contributed by atoms with van der Waals surface area (Å²) in [4.78, 5) is 11.9. The molecule has 1 aromatic rings. The predicted octanol–water partition coefficient (Wildman–Crippen LogP) is 2.25. The molecule has 1 atom stereocenters. The summed E-state index contributed by atoms with van der Waals surface area (Å²) >= 11 is 0. The van der Waals surface area contributed by atoms with Crippen LogP contribution in [0.25, 0.3) is 0 Å². The van der Waals surface area contributed by atoms with Gasteiger partial charge < -0.3 is 4.74 Å². The summed E-state index contributed by atoms with van der Waals surface area (Å²) in [5.74, 6) is -0.225. The zero-order valence-electron chi connectivity index (χ0n) is 9.53. The molecule has 0 aliphatic carbocycles. The number of hydrogen-bond acceptors (Lipinski definition) is 3. The van der Waals surface area contributed by atoms with Gasteiger partial charge in [0.2, 0.25) is 0 Å². The van der Waals surface area contributed by atoms with E-state index in [4.69, 9.17) is 4.74 Å². The average molecular weight is 219 g/mol. The maximum absolute atomic E-state index is 11.9. The first-order chi connectivity index (χ1) is 7.77. The molecule has 1 N–H and O–H groups in total. The van der Waals surface area contributed by atoms with E-state index in [0.29, 0.717) is 5.56 Å². The van der Waals surface area contributed by atoms with E-state index in [-0.39, 0.29) is 12.2 Å². The van der Waals surface area contributed by atoms with Crippen molar-refractivity contribution in [3.63, 3.8) is 0 Å². The Labute approximate surface area is 95.8 Å². The van der Waals surface area contributed by atoms with Crippen molar-refractivity contribution < 1.29 is 9.53 Å². The van der Waals surface area contributed by atoms with Crippen LogP contribution < -0.4 is 5.32 Å². The summed E-state index contributed by atoms with van der Waals surface area (Å²) in [6.45, 7) is 2.86. The zero-order chi connectivity index (χ0) is 11.4. The van der Waals surface area contributed by atoms with Crippen LogP contribution in [0.1, 0.15) is 35.2 Å². The van der Waals surface area contributed by atoms with Crippen molar-refractivity contribution >= 4 is 5.97 Å². The number of carbonyl (C=O) groups excluding carboxylic acids is 1. The Morgan fingerprint density at radius 3 is 2.88 bits per heavy atom. The van der Waals surface area contributed by atoms with E-state index >= 15 is 0 Å². The molecule has 1 saturated heterocycles. The van der Waals surface area contributed by atoms with Gasteiger partial charge in [-0.2, -0.15) is 0 Å². The Balaban J connectivity index is 2.00. The number of esters is 1. The van der Waals surface area contributed by atoms with Gasteiger partial charge in [0.1, 0.15) is 0 Å². The molecular weight excluding hydrogens is 202 g/mol. The highest BCUT2D eigenvalue weighted by Crippen LogP contribution is 2.13. The number of rotatable bonds is 2. The maximum atomic E-state index is 11.9. The number of piperidine rings is 1. The Bertz CT molecular complexity index is 370. The molecule has 3 nitrogen and oxygen atoms in total. The van der Waals surface area contributed by atoms with Gasteiger partial charge in [0.15, 0.2) is 6.23 Å². The maximum Gasteiger partial charge on any atom is 0.339 e. The summed E-state index contributed by atoms with van der Waals surface area (Å²) in [5, 5.41) is 3.20. The highest BCUT2D eigenvalue weighted by Gasteiger charge is 2.18. The molecule has 1 aliphatic heterocycles. The Morgan fingerprint density at radius 1 is 1.38 bits per heavy atom. The molecule has 1 fully saturated rings. The molecule has 1 aromatic carbocycles. The molecular formula is C13H17NO2. The number of hydrogen-bond donors (Lipinski definition) is 1. The fourth-order valence-electron chi connectivity index (χ4n) is 1.92. The summed E-state index contributed by atoms with van der Waals surface area (Å²) in [5.41, 5.74) is 1.62. The highest BCUT2D eigenvalue weighted by atomic mass is 16.6. The van der Waals surface area contributed by atoms with Gasteiger partial charge in [-0.3, -0.25) is 5.32 Å². The summed E-state index contributed by atoms with van der Waals surface area (Å²) in [6.07, 6.45) is 3.09. The van der Waals surface area contributed by atoms with Gasteiger partial charge in [-0.05, 0) is 44.4 Å². The quantitative estimate of drug-likeness (QED) is 0.775. The molecule has 0 radical (unpaired) electrons. The standard InChI is InChI=1S/C13H17NO2/c1-10-6-2-3-7-11(10)13(15)16-12-8-4-5-9-14-12/h2-3,6-7,12,14H,4-5,8-9H2,1H3. The van der Waals surface area contributed by atoms with E-state index in [1.54, 1.807) is 6.07 Å². The third-order valence-electron chi connectivity index (χ3n) is 2.88. The Morgan fingerprint density at radius 2 is 2.19 bits per heavy atom. The van der Waals surface area contributed by atoms with Gasteiger partial charge in [-0.15, -0.1) is 0 Å². The lowest BCUT2D eigenvalue weighted by Gasteiger charge is -2.23. The van der Waals surface area contributed by atoms with Crippen LogP contribution in [0.15, 0.2) is 24.3 Å². The van der Waals surface area contributed by atoms with E-state index in [0.717, 1.165) is 24.9 Å². The average Bonchev–Trinajstić information content (AvgIpc) is 2.31. The predicted molar refractivity (Wildman–Crippen MR) is 62.2 cm³/mol. The third-order valence-corrected chi connectivity index (χ3v) is 2.88. The van der Waals surface area contributed by atoms with Crippen molar-refractivity contribution in [1.29, 1.82) is 0 Å². The lowest BCUT2D eigenvalue weighted by molar-refractivity contribution is 0.0139. The van der Waals surface area contributed by atoms with Crippen molar-refractivity contribution in [2.75, 3.05) is 6.54 Å². The van der Waals surface area contributed by atoms with Gasteiger partial charge in [-0.1, -0.05) is 18.2 Å². The fourth-order valence-corrected chi connectivity index (χ4v) is 1.92. The van der Waals surface area contributed by atoms with Crippen molar-refractivity contribution in [3.05, 3.63) is 35.4 Å². The van der Waals surface area contributed by atoms with Crippen LogP contribution in [0.2, 0.25) is 0 Å². The van der Waals surface area contributed by atoms with Crippen LogP contribution >= 0.6 is 0 Å². The van der Waals surface area contributed by atoms with E-state index in [1.807, 2.05) is 25.1 Å². The molecule has 3 heteroatoms. The zero-order valence-corrected chi connectivity index (χ0v) is 9.53. The van der Waals surface area contributed by atoms with Crippen LogP contribution in [0.3, 0.4) is 0 Å². The first-order valence-corrected chi connectivity index (χ1v) is 5.77. The summed E-state index contributed by atoms with van der Waals surface area (Å²) in [6, 6.07) is 7.51. The molecule has 1 unspecified atom stereocenters. The number of nitrogens with one attached hydrogen (secondary N) is 1. The number of ether oxygens (including phenoxy) is 1. The van der Waals surface area contributed by atoms with Gasteiger partial charge in [0.25, 0.3) is 0 Å². The van der Waals surface area contributed by atoms with Gasteiger partial charge in [0, 0.05) is 0 Å². The first-order valence-electron chi connectivity index (χ1n) is 5.77. The second kappa shape index (κ2) is 5.12. The lowest BCUT2D eigenvalue weighted by Crippen LogP contribution is -2.37. The first kappa shape index (κ1) is 11.1. The van der Waals surface area contributed by atoms with E-state index in [1.165, 1.54) is 6.42 Å². The largest absolute Gasteiger partial charge is 0.443 e. The molecule has 1 aliphatic rings. The molecule has 0 saturated carbocycles. The number of benzene rings is 1. The van der Waals surface area contributed by atoms with Crippen molar-refractivity contribution in [2.24, 2.45) is 0 Å². The molecule has 0 aromatic heterocycles. The Kier molecular flexibility index (Phi) is 3.57. The Hall–Kier alpha value is -1.35. The topological polar surface area (TPSA) is 38.3 Å².